The molecule has 3 N–H and O–H groups in total. The molecule has 0 bridgehead atoms. The minimum absolute atomic E-state index is 0.174. The second kappa shape index (κ2) is 19.0. The normalized spacial score (nSPS) is 12.4. The van der Waals surface area contributed by atoms with E-state index in [4.69, 9.17) is 30.3 Å². The first-order chi connectivity index (χ1) is 33.1. The number of rotatable bonds is 14. The van der Waals surface area contributed by atoms with Gasteiger partial charge in [-0.25, -0.2) is 15.0 Å². The summed E-state index contributed by atoms with van der Waals surface area (Å²) < 4.78 is 74.8. The molecule has 0 radical (unpaired) electrons. The summed E-state index contributed by atoms with van der Waals surface area (Å²) in [6.07, 6.45) is 1.97. The molecule has 0 amide bonds. The lowest BCUT2D eigenvalue weighted by molar-refractivity contribution is 0.480. The molecule has 0 saturated carbocycles. The number of para-hydroxylation sites is 1. The number of nitriles is 1. The number of benzene rings is 4. The maximum atomic E-state index is 13.3. The zero-order chi connectivity index (χ0) is 50.6. The van der Waals surface area contributed by atoms with E-state index in [0.717, 1.165) is 49.5 Å². The van der Waals surface area contributed by atoms with Crippen LogP contribution in [0.4, 0.5) is 39.6 Å². The fourth-order valence-corrected chi connectivity index (χ4v) is 12.2. The lowest BCUT2D eigenvalue weighted by Gasteiger charge is -2.29. The Balaban J connectivity index is 1.45. The van der Waals surface area contributed by atoms with Gasteiger partial charge in [0.05, 0.1) is 36.7 Å². The van der Waals surface area contributed by atoms with E-state index in [1.807, 2.05) is 65.8 Å². The van der Waals surface area contributed by atoms with Crippen LogP contribution in [0, 0.1) is 32.1 Å². The molecular weight excluding hydrogens is 965 g/mol. The molecule has 4 heterocycles. The van der Waals surface area contributed by atoms with Gasteiger partial charge in [0.2, 0.25) is 5.13 Å². The molecule has 0 spiro atoms. The minimum Gasteiger partial charge on any atom is -0.338 e. The molecule has 362 valence electrons. The summed E-state index contributed by atoms with van der Waals surface area (Å²) in [7, 11) is -9.34. The van der Waals surface area contributed by atoms with Gasteiger partial charge in [-0.3, -0.25) is 14.0 Å². The molecule has 0 atom stereocenters. The average molecular weight is 1020 g/mol. The number of azo groups is 1. The van der Waals surface area contributed by atoms with Gasteiger partial charge in [-0.2, -0.15) is 31.9 Å². The molecule has 8 rings (SSSR count). The summed E-state index contributed by atoms with van der Waals surface area (Å²) in [5.41, 5.74) is 8.03. The van der Waals surface area contributed by atoms with Crippen molar-refractivity contribution >= 4 is 103 Å². The van der Waals surface area contributed by atoms with E-state index in [0.29, 0.717) is 68.4 Å². The highest BCUT2D eigenvalue weighted by Gasteiger charge is 2.32. The lowest BCUT2D eigenvalue weighted by Crippen LogP contribution is -2.19. The number of aromatic nitrogens is 5. The quantitative estimate of drug-likeness (QED) is 0.0681. The molecule has 16 nitrogen and oxygen atoms in total. The predicted octanol–water partition coefficient (Wildman–Crippen LogP) is 13.0. The number of fused-ring (bicyclic) bond motifs is 2. The van der Waals surface area contributed by atoms with Gasteiger partial charge >= 0.3 is 0 Å². The summed E-state index contributed by atoms with van der Waals surface area (Å²) in [5.74, 6) is 0.723. The maximum absolute atomic E-state index is 13.3. The van der Waals surface area contributed by atoms with Crippen molar-refractivity contribution in [2.24, 2.45) is 10.2 Å². The number of nitrogens with one attached hydrogen (secondary N) is 1. The maximum Gasteiger partial charge on any atom is 0.295 e. The Kier molecular flexibility index (Phi) is 13.6. The Morgan fingerprint density at radius 1 is 0.771 bits per heavy atom. The highest BCUT2D eigenvalue weighted by molar-refractivity contribution is 7.86. The van der Waals surface area contributed by atoms with E-state index in [1.54, 1.807) is 35.6 Å². The molecule has 4 aromatic carbocycles. The van der Waals surface area contributed by atoms with Gasteiger partial charge in [0.1, 0.15) is 28.0 Å². The van der Waals surface area contributed by atoms with E-state index in [2.05, 4.69) is 37.4 Å². The van der Waals surface area contributed by atoms with Crippen LogP contribution in [-0.2, 0) is 51.3 Å². The van der Waals surface area contributed by atoms with Crippen molar-refractivity contribution in [3.63, 3.8) is 0 Å². The first-order valence-electron chi connectivity index (χ1n) is 22.6. The van der Waals surface area contributed by atoms with Gasteiger partial charge in [-0.05, 0) is 116 Å². The van der Waals surface area contributed by atoms with Gasteiger partial charge in [0.15, 0.2) is 16.8 Å². The summed E-state index contributed by atoms with van der Waals surface area (Å²) in [6, 6.07) is 21.9. The van der Waals surface area contributed by atoms with Gasteiger partial charge in [0.25, 0.3) is 20.2 Å². The Bertz CT molecular complexity index is 3640. The first kappa shape index (κ1) is 49.9. The Morgan fingerprint density at radius 2 is 1.44 bits per heavy atom. The van der Waals surface area contributed by atoms with Crippen molar-refractivity contribution in [2.45, 2.75) is 110 Å². The summed E-state index contributed by atoms with van der Waals surface area (Å²) >= 11 is 2.52. The number of nitrogens with zero attached hydrogens (tertiary/aromatic N) is 9. The van der Waals surface area contributed by atoms with Crippen molar-refractivity contribution in [1.29, 1.82) is 5.26 Å². The Hall–Kier alpha value is -6.47. The van der Waals surface area contributed by atoms with Crippen LogP contribution < -0.4 is 10.2 Å². The number of pyridine rings is 1. The number of thiazole rings is 2. The van der Waals surface area contributed by atoms with Crippen LogP contribution in [0.25, 0.3) is 25.6 Å². The van der Waals surface area contributed by atoms with Crippen molar-refractivity contribution in [1.82, 2.24) is 24.7 Å². The number of anilines is 5. The number of hydrogen-bond acceptors (Lipinski definition) is 15. The summed E-state index contributed by atoms with van der Waals surface area (Å²) in [4.78, 5) is 16.3. The Labute approximate surface area is 415 Å². The van der Waals surface area contributed by atoms with E-state index in [9.17, 15) is 31.2 Å². The van der Waals surface area contributed by atoms with Crippen molar-refractivity contribution in [3.05, 3.63) is 117 Å². The predicted molar refractivity (Wildman–Crippen MR) is 278 cm³/mol. The third-order valence-corrected chi connectivity index (χ3v) is 15.9. The molecule has 0 aliphatic heterocycles. The molecule has 0 saturated heterocycles. The highest BCUT2D eigenvalue weighted by Crippen LogP contribution is 2.48. The van der Waals surface area contributed by atoms with E-state index < -0.39 is 25.7 Å². The second-order valence-electron chi connectivity index (χ2n) is 17.9. The fraction of sp³-hybridized carbons (Fsp3) is 0.300. The van der Waals surface area contributed by atoms with Crippen molar-refractivity contribution in [3.8, 4) is 11.2 Å². The molecule has 20 heteroatoms. The van der Waals surface area contributed by atoms with Crippen molar-refractivity contribution in [2.75, 3.05) is 10.2 Å². The van der Waals surface area contributed by atoms with Gasteiger partial charge in [-0.15, -0.1) is 10.2 Å². The van der Waals surface area contributed by atoms with E-state index >= 15 is 0 Å². The average Bonchev–Trinajstić information content (AvgIpc) is 4.03. The number of hydrogen-bond donors (Lipinski definition) is 3. The third kappa shape index (κ3) is 9.44. The minimum atomic E-state index is -4.76. The van der Waals surface area contributed by atoms with Crippen molar-refractivity contribution < 1.29 is 25.9 Å². The molecule has 0 aliphatic carbocycles. The monoisotopic (exact) mass is 1020 g/mol. The zero-order valence-corrected chi connectivity index (χ0v) is 43.6. The van der Waals surface area contributed by atoms with E-state index in [1.165, 1.54) is 29.5 Å². The van der Waals surface area contributed by atoms with Crippen LogP contribution in [0.3, 0.4) is 0 Å². The molecule has 4 aromatic heterocycles. The first-order valence-corrected chi connectivity index (χ1v) is 27.1. The van der Waals surface area contributed by atoms with Gasteiger partial charge in [-0.1, -0.05) is 107 Å². The van der Waals surface area contributed by atoms with Gasteiger partial charge < -0.3 is 5.32 Å². The largest absolute Gasteiger partial charge is 0.338 e. The third-order valence-electron chi connectivity index (χ3n) is 11.9. The second-order valence-corrected chi connectivity index (χ2v) is 22.7. The molecule has 70 heavy (non-hydrogen) atoms. The smallest absolute Gasteiger partial charge is 0.295 e. The topological polar surface area (TPSA) is 229 Å². The van der Waals surface area contributed by atoms with Crippen LogP contribution in [-0.4, -0.2) is 50.7 Å². The van der Waals surface area contributed by atoms with Crippen LogP contribution >= 0.6 is 22.7 Å². The molecule has 8 aromatic rings. The molecule has 0 unspecified atom stereocenters. The van der Waals surface area contributed by atoms with Crippen LogP contribution in [0.5, 0.6) is 0 Å². The summed E-state index contributed by atoms with van der Waals surface area (Å²) in [6.45, 7) is 19.3. The molecule has 0 aliphatic rings. The Morgan fingerprint density at radius 3 is 2.04 bits per heavy atom. The fourth-order valence-electron chi connectivity index (χ4n) is 8.69. The highest BCUT2D eigenvalue weighted by atomic mass is 32.2. The number of aryl methyl sites for hydroxylation is 6. The van der Waals surface area contributed by atoms with E-state index in [-0.39, 0.29) is 44.4 Å². The van der Waals surface area contributed by atoms with Crippen LogP contribution in [0.15, 0.2) is 86.7 Å². The molecule has 0 fully saturated rings. The lowest BCUT2D eigenvalue weighted by atomic mass is 9.90. The standard InChI is InChI=1S/C50H52N10O6S4/c1-11-30-21-27(5)22-31(12-2)42(30)55-46-41(56-57-47-35(26-51)45(50(8,9)10)58-60(47)49-53-36-17-15-16-18-38(36)67-49)28(6)24-40(54-46)59(48-52-37-20-19-33(69(61,62)63)25-39(37)68-48)43-32(13-3)23-29(7)44(34(43)14-4)70(64,65)66/h15-25H,11-14H2,1-10H3,(H,54,55)(H,61,62,63)(H,64,65,66)/b57-56+. The molecular formula is C50H52N10O6S4. The van der Waals surface area contributed by atoms with Crippen LogP contribution in [0.1, 0.15) is 98.7 Å². The zero-order valence-electron chi connectivity index (χ0n) is 40.4. The summed E-state index contributed by atoms with van der Waals surface area (Å²) in [5, 5.41) is 29.9. The van der Waals surface area contributed by atoms with Crippen LogP contribution in [0.2, 0.25) is 0 Å². The SMILES string of the molecule is CCc1cc(C)cc(CC)c1Nc1nc(N(c2nc3ccc(S(=O)(=O)O)cc3s2)c2c(CC)cc(C)c(S(=O)(=O)O)c2CC)cc(C)c1/N=N/c1c(C#N)c(C(C)(C)C)nn1-c1nc2ccccc2s1. The van der Waals surface area contributed by atoms with Gasteiger partial charge in [0, 0.05) is 11.1 Å².